The maximum absolute atomic E-state index is 10.1. The largest absolute Gasteiger partial charge is 0.302 e. The highest BCUT2D eigenvalue weighted by Gasteiger charge is 2.06. The first-order chi connectivity index (χ1) is 5.75. The fraction of sp³-hybridized carbons (Fsp3) is 0.600. The summed E-state index contributed by atoms with van der Waals surface area (Å²) in [5, 5.41) is 13.3. The van der Waals surface area contributed by atoms with Gasteiger partial charge in [-0.25, -0.2) is 0 Å². The highest BCUT2D eigenvalue weighted by atomic mass is 32.2. The minimum Gasteiger partial charge on any atom is -0.302 e. The summed E-state index contributed by atoms with van der Waals surface area (Å²) >= 11 is 1.30. The summed E-state index contributed by atoms with van der Waals surface area (Å²) in [6.07, 6.45) is 0.819. The smallest absolute Gasteiger partial charge is 0.231 e. The van der Waals surface area contributed by atoms with E-state index in [-0.39, 0.29) is 0 Å². The van der Waals surface area contributed by atoms with Gasteiger partial charge in [-0.05, 0) is 10.4 Å². The number of aromatic nitrogens is 4. The normalized spacial score (nSPS) is 9.83. The molecule has 0 aliphatic rings. The number of carbonyl (C=O) groups excluding carboxylic acids is 1. The van der Waals surface area contributed by atoms with Gasteiger partial charge >= 0.3 is 0 Å². The number of hydrogen-bond donors (Lipinski definition) is 0. The lowest BCUT2D eigenvalue weighted by Crippen LogP contribution is -2.27. The zero-order valence-electron chi connectivity index (χ0n) is 6.84. The number of carbonyl (C=O) groups is 1. The first kappa shape index (κ1) is 8.98. The maximum Gasteiger partial charge on any atom is 0.231 e. The molecule has 12 heavy (non-hydrogen) atoms. The van der Waals surface area contributed by atoms with Crippen LogP contribution in [-0.4, -0.2) is 46.5 Å². The SMILES string of the molecule is CN(C)n1nnnc1SCC=O. The molecular formula is C5H9N5OS. The van der Waals surface area contributed by atoms with Gasteiger partial charge in [0.25, 0.3) is 0 Å². The summed E-state index contributed by atoms with van der Waals surface area (Å²) in [4.78, 5) is 11.6. The van der Waals surface area contributed by atoms with Crippen molar-refractivity contribution < 1.29 is 4.79 Å². The van der Waals surface area contributed by atoms with Crippen molar-refractivity contribution in [2.75, 3.05) is 24.9 Å². The highest BCUT2D eigenvalue weighted by molar-refractivity contribution is 7.99. The van der Waals surface area contributed by atoms with Gasteiger partial charge < -0.3 is 4.79 Å². The van der Waals surface area contributed by atoms with E-state index in [1.807, 2.05) is 14.1 Å². The fourth-order valence-electron chi connectivity index (χ4n) is 0.621. The van der Waals surface area contributed by atoms with Crippen molar-refractivity contribution in [1.82, 2.24) is 20.3 Å². The molecule has 0 radical (unpaired) electrons. The first-order valence-electron chi connectivity index (χ1n) is 3.28. The van der Waals surface area contributed by atoms with Crippen molar-refractivity contribution in [3.8, 4) is 0 Å². The molecule has 0 N–H and O–H groups in total. The lowest BCUT2D eigenvalue weighted by molar-refractivity contribution is -0.105. The zero-order valence-corrected chi connectivity index (χ0v) is 7.65. The standard InChI is InChI=1S/C5H9N5OS/c1-9(2)10-5(6-7-8-10)12-4-3-11/h3H,4H2,1-2H3. The van der Waals surface area contributed by atoms with Crippen molar-refractivity contribution in [2.24, 2.45) is 0 Å². The molecule has 0 saturated heterocycles. The lowest BCUT2D eigenvalue weighted by atomic mass is 10.9. The Balaban J connectivity index is 2.70. The second-order valence-electron chi connectivity index (χ2n) is 2.18. The third-order valence-corrected chi connectivity index (χ3v) is 1.89. The number of nitrogens with zero attached hydrogens (tertiary/aromatic N) is 5. The molecule has 1 rings (SSSR count). The third-order valence-electron chi connectivity index (χ3n) is 1.09. The zero-order chi connectivity index (χ0) is 8.97. The Morgan fingerprint density at radius 1 is 1.67 bits per heavy atom. The van der Waals surface area contributed by atoms with Crippen LogP contribution < -0.4 is 5.01 Å². The van der Waals surface area contributed by atoms with E-state index >= 15 is 0 Å². The van der Waals surface area contributed by atoms with E-state index in [1.54, 1.807) is 5.01 Å². The van der Waals surface area contributed by atoms with Gasteiger partial charge in [0.1, 0.15) is 6.29 Å². The number of rotatable bonds is 4. The topological polar surface area (TPSA) is 63.9 Å². The lowest BCUT2D eigenvalue weighted by Gasteiger charge is -2.11. The van der Waals surface area contributed by atoms with E-state index in [1.165, 1.54) is 16.6 Å². The Morgan fingerprint density at radius 3 is 3.00 bits per heavy atom. The molecule has 7 heteroatoms. The molecule has 0 aromatic carbocycles. The van der Waals surface area contributed by atoms with Gasteiger partial charge in [0.2, 0.25) is 5.16 Å². The van der Waals surface area contributed by atoms with Crippen LogP contribution in [0.2, 0.25) is 0 Å². The summed E-state index contributed by atoms with van der Waals surface area (Å²) in [5.74, 6) is 0.369. The highest BCUT2D eigenvalue weighted by Crippen LogP contribution is 2.10. The molecule has 0 amide bonds. The van der Waals surface area contributed by atoms with E-state index < -0.39 is 0 Å². The Morgan fingerprint density at radius 2 is 2.42 bits per heavy atom. The molecular weight excluding hydrogens is 178 g/mol. The van der Waals surface area contributed by atoms with Gasteiger partial charge in [-0.3, -0.25) is 5.01 Å². The van der Waals surface area contributed by atoms with E-state index in [2.05, 4.69) is 15.5 Å². The van der Waals surface area contributed by atoms with Gasteiger partial charge in [-0.15, -0.1) is 4.79 Å². The Hall–Kier alpha value is -1.11. The summed E-state index contributed by atoms with van der Waals surface area (Å²) in [6.45, 7) is 0. The molecule has 1 aromatic rings. The fourth-order valence-corrected chi connectivity index (χ4v) is 1.25. The molecule has 1 heterocycles. The summed E-state index contributed by atoms with van der Waals surface area (Å²) < 4.78 is 0. The van der Waals surface area contributed by atoms with Gasteiger partial charge in [-0.2, -0.15) is 0 Å². The maximum atomic E-state index is 10.1. The minimum absolute atomic E-state index is 0.369. The number of hydrogen-bond acceptors (Lipinski definition) is 6. The molecule has 0 fully saturated rings. The molecule has 1 aromatic heterocycles. The molecule has 0 atom stereocenters. The molecule has 66 valence electrons. The molecule has 0 aliphatic carbocycles. The number of thioether (sulfide) groups is 1. The van der Waals surface area contributed by atoms with E-state index in [0.717, 1.165) is 6.29 Å². The predicted octanol–water partition coefficient (Wildman–Crippen LogP) is -0.838. The van der Waals surface area contributed by atoms with Crippen molar-refractivity contribution in [3.05, 3.63) is 0 Å². The van der Waals surface area contributed by atoms with E-state index in [0.29, 0.717) is 10.9 Å². The summed E-state index contributed by atoms with van der Waals surface area (Å²) in [7, 11) is 3.64. The minimum atomic E-state index is 0.369. The molecule has 0 saturated carbocycles. The quantitative estimate of drug-likeness (QED) is 0.452. The molecule has 0 spiro atoms. The van der Waals surface area contributed by atoms with Gasteiger partial charge in [0.15, 0.2) is 0 Å². The average molecular weight is 187 g/mol. The van der Waals surface area contributed by atoms with Crippen molar-refractivity contribution in [2.45, 2.75) is 5.16 Å². The van der Waals surface area contributed by atoms with Crippen LogP contribution in [-0.2, 0) is 4.79 Å². The Labute approximate surface area is 73.9 Å². The van der Waals surface area contributed by atoms with E-state index in [4.69, 9.17) is 0 Å². The Bertz CT molecular complexity index is 260. The van der Waals surface area contributed by atoms with Crippen LogP contribution in [0.25, 0.3) is 0 Å². The van der Waals surface area contributed by atoms with Crippen LogP contribution in [0.1, 0.15) is 0 Å². The molecule has 0 aliphatic heterocycles. The monoisotopic (exact) mass is 187 g/mol. The Kier molecular flexibility index (Phi) is 3.03. The van der Waals surface area contributed by atoms with Crippen LogP contribution in [0, 0.1) is 0 Å². The van der Waals surface area contributed by atoms with Crippen LogP contribution in [0.5, 0.6) is 0 Å². The molecule has 0 bridgehead atoms. The average Bonchev–Trinajstić information content (AvgIpc) is 2.48. The summed E-state index contributed by atoms with van der Waals surface area (Å²) in [6, 6.07) is 0. The second-order valence-corrected chi connectivity index (χ2v) is 3.16. The van der Waals surface area contributed by atoms with Crippen molar-refractivity contribution >= 4 is 18.0 Å². The van der Waals surface area contributed by atoms with Gasteiger partial charge in [-0.1, -0.05) is 16.9 Å². The van der Waals surface area contributed by atoms with Crippen LogP contribution in [0.15, 0.2) is 5.16 Å². The molecule has 0 unspecified atom stereocenters. The van der Waals surface area contributed by atoms with Crippen molar-refractivity contribution in [3.63, 3.8) is 0 Å². The number of tetrazole rings is 1. The molecule has 6 nitrogen and oxygen atoms in total. The summed E-state index contributed by atoms with van der Waals surface area (Å²) in [5.41, 5.74) is 0. The predicted molar refractivity (Wildman–Crippen MR) is 44.7 cm³/mol. The van der Waals surface area contributed by atoms with Crippen LogP contribution in [0.4, 0.5) is 0 Å². The van der Waals surface area contributed by atoms with Gasteiger partial charge in [0, 0.05) is 14.1 Å². The van der Waals surface area contributed by atoms with Gasteiger partial charge in [0.05, 0.1) is 5.75 Å². The van der Waals surface area contributed by atoms with Crippen LogP contribution in [0.3, 0.4) is 0 Å². The van der Waals surface area contributed by atoms with E-state index in [9.17, 15) is 4.79 Å². The second kappa shape index (κ2) is 4.05. The third kappa shape index (κ3) is 1.94. The van der Waals surface area contributed by atoms with Crippen molar-refractivity contribution in [1.29, 1.82) is 0 Å². The van der Waals surface area contributed by atoms with Crippen LogP contribution >= 0.6 is 11.8 Å². The number of aldehydes is 1. The first-order valence-corrected chi connectivity index (χ1v) is 4.26.